The normalized spacial score (nSPS) is 9.69. The van der Waals surface area contributed by atoms with Gasteiger partial charge >= 0.3 is 0 Å². The second kappa shape index (κ2) is 4.66. The Morgan fingerprint density at radius 3 is 2.92 bits per heavy atom. The van der Waals surface area contributed by atoms with E-state index in [4.69, 9.17) is 22.1 Å². The van der Waals surface area contributed by atoms with Crippen molar-refractivity contribution in [3.8, 4) is 5.75 Å². The van der Waals surface area contributed by atoms with Gasteiger partial charge in [0.25, 0.3) is 5.91 Å². The first-order valence-corrected chi connectivity index (χ1v) is 4.91. The number of nitrogens with two attached hydrogens (primary N) is 1. The van der Waals surface area contributed by atoms with E-state index < -0.39 is 5.91 Å². The fourth-order valence-corrected chi connectivity index (χ4v) is 1.39. The van der Waals surface area contributed by atoms with Crippen molar-refractivity contribution >= 4 is 40.1 Å². The van der Waals surface area contributed by atoms with E-state index in [1.807, 2.05) is 0 Å². The molecule has 0 aliphatic carbocycles. The fraction of sp³-hybridized carbons (Fsp3) is 0.125. The lowest BCUT2D eigenvalue weighted by Gasteiger charge is -2.05. The zero-order chi connectivity index (χ0) is 9.84. The molecule has 0 aromatic heterocycles. The SMILES string of the molecule is NC(=O)COc1cc(Cl)ccc1I. The molecular weight excluding hydrogens is 304 g/mol. The van der Waals surface area contributed by atoms with Crippen LogP contribution >= 0.6 is 34.2 Å². The lowest BCUT2D eigenvalue weighted by atomic mass is 10.3. The number of amides is 1. The highest BCUT2D eigenvalue weighted by Crippen LogP contribution is 2.24. The summed E-state index contributed by atoms with van der Waals surface area (Å²) in [4.78, 5) is 10.4. The molecule has 0 saturated carbocycles. The molecule has 0 radical (unpaired) electrons. The molecule has 1 rings (SSSR count). The number of hydrogen-bond acceptors (Lipinski definition) is 2. The van der Waals surface area contributed by atoms with Crippen LogP contribution in [0, 0.1) is 3.57 Å². The Balaban J connectivity index is 2.75. The number of rotatable bonds is 3. The second-order valence-corrected chi connectivity index (χ2v) is 3.93. The summed E-state index contributed by atoms with van der Waals surface area (Å²) in [5.74, 6) is 0.0719. The lowest BCUT2D eigenvalue weighted by Crippen LogP contribution is -2.20. The summed E-state index contributed by atoms with van der Waals surface area (Å²) < 4.78 is 6.00. The minimum absolute atomic E-state index is 0.129. The molecule has 0 fully saturated rings. The van der Waals surface area contributed by atoms with Crippen molar-refractivity contribution in [2.24, 2.45) is 5.73 Å². The van der Waals surface area contributed by atoms with Crippen molar-refractivity contribution in [3.05, 3.63) is 26.8 Å². The molecule has 70 valence electrons. The number of halogens is 2. The third-order valence-electron chi connectivity index (χ3n) is 1.26. The first kappa shape index (κ1) is 10.6. The third-order valence-corrected chi connectivity index (χ3v) is 2.39. The first-order valence-electron chi connectivity index (χ1n) is 3.46. The van der Waals surface area contributed by atoms with Gasteiger partial charge in [-0.05, 0) is 40.8 Å². The van der Waals surface area contributed by atoms with Crippen molar-refractivity contribution in [1.82, 2.24) is 0 Å². The van der Waals surface area contributed by atoms with E-state index in [9.17, 15) is 4.79 Å². The van der Waals surface area contributed by atoms with E-state index in [1.54, 1.807) is 18.2 Å². The van der Waals surface area contributed by atoms with Crippen molar-refractivity contribution in [1.29, 1.82) is 0 Å². The predicted octanol–water partition coefficient (Wildman–Crippen LogP) is 1.81. The van der Waals surface area contributed by atoms with Crippen LogP contribution in [0.4, 0.5) is 0 Å². The Hall–Kier alpha value is -0.490. The molecule has 1 aromatic rings. The molecule has 13 heavy (non-hydrogen) atoms. The van der Waals surface area contributed by atoms with Gasteiger partial charge in [0.2, 0.25) is 0 Å². The van der Waals surface area contributed by atoms with Crippen LogP contribution in [-0.4, -0.2) is 12.5 Å². The number of carbonyl (C=O) groups is 1. The van der Waals surface area contributed by atoms with Crippen molar-refractivity contribution in [2.75, 3.05) is 6.61 Å². The zero-order valence-corrected chi connectivity index (χ0v) is 9.50. The molecule has 0 atom stereocenters. The summed E-state index contributed by atoms with van der Waals surface area (Å²) in [5, 5.41) is 0.569. The molecule has 0 saturated heterocycles. The summed E-state index contributed by atoms with van der Waals surface area (Å²) >= 11 is 7.82. The maximum absolute atomic E-state index is 10.4. The van der Waals surface area contributed by atoms with E-state index in [2.05, 4.69) is 22.6 Å². The molecule has 2 N–H and O–H groups in total. The van der Waals surface area contributed by atoms with E-state index in [0.29, 0.717) is 10.8 Å². The molecule has 1 aromatic carbocycles. The van der Waals surface area contributed by atoms with E-state index in [1.165, 1.54) is 0 Å². The van der Waals surface area contributed by atoms with Gasteiger partial charge in [-0.3, -0.25) is 4.79 Å². The monoisotopic (exact) mass is 311 g/mol. The summed E-state index contributed by atoms with van der Waals surface area (Å²) in [5.41, 5.74) is 4.93. The van der Waals surface area contributed by atoms with Crippen molar-refractivity contribution in [2.45, 2.75) is 0 Å². The molecule has 0 spiro atoms. The average Bonchev–Trinajstić information content (AvgIpc) is 2.06. The molecule has 0 aliphatic rings. The second-order valence-electron chi connectivity index (χ2n) is 2.33. The van der Waals surface area contributed by atoms with E-state index in [0.717, 1.165) is 3.57 Å². The van der Waals surface area contributed by atoms with Crippen LogP contribution < -0.4 is 10.5 Å². The van der Waals surface area contributed by atoms with Gasteiger partial charge in [-0.25, -0.2) is 0 Å². The fourth-order valence-electron chi connectivity index (χ4n) is 0.737. The summed E-state index contributed by atoms with van der Waals surface area (Å²) in [7, 11) is 0. The van der Waals surface area contributed by atoms with E-state index >= 15 is 0 Å². The molecule has 3 nitrogen and oxygen atoms in total. The van der Waals surface area contributed by atoms with Crippen molar-refractivity contribution in [3.63, 3.8) is 0 Å². The van der Waals surface area contributed by atoms with Crippen LogP contribution in [-0.2, 0) is 4.79 Å². The van der Waals surface area contributed by atoms with Crippen LogP contribution in [0.2, 0.25) is 5.02 Å². The van der Waals surface area contributed by atoms with Crippen LogP contribution in [0.5, 0.6) is 5.75 Å². The minimum Gasteiger partial charge on any atom is -0.483 e. The Labute approximate surface area is 94.3 Å². The molecule has 0 heterocycles. The molecule has 0 aliphatic heterocycles. The number of benzene rings is 1. The minimum atomic E-state index is -0.504. The topological polar surface area (TPSA) is 52.3 Å². The first-order chi connectivity index (χ1) is 6.09. The molecule has 0 unspecified atom stereocenters. The standard InChI is InChI=1S/C8H7ClINO2/c9-5-1-2-6(10)7(3-5)13-4-8(11)12/h1-3H,4H2,(H2,11,12). The number of carbonyl (C=O) groups excluding carboxylic acids is 1. The predicted molar refractivity (Wildman–Crippen MR) is 58.9 cm³/mol. The van der Waals surface area contributed by atoms with Crippen LogP contribution in [0.3, 0.4) is 0 Å². The Kier molecular flexibility index (Phi) is 3.80. The van der Waals surface area contributed by atoms with Crippen LogP contribution in [0.25, 0.3) is 0 Å². The molecule has 0 bridgehead atoms. The third kappa shape index (κ3) is 3.40. The largest absolute Gasteiger partial charge is 0.483 e. The average molecular weight is 312 g/mol. The smallest absolute Gasteiger partial charge is 0.255 e. The number of hydrogen-bond donors (Lipinski definition) is 1. The van der Waals surface area contributed by atoms with Crippen LogP contribution in [0.1, 0.15) is 0 Å². The highest BCUT2D eigenvalue weighted by molar-refractivity contribution is 14.1. The quantitative estimate of drug-likeness (QED) is 0.866. The Morgan fingerprint density at radius 2 is 2.31 bits per heavy atom. The van der Waals surface area contributed by atoms with E-state index in [-0.39, 0.29) is 6.61 Å². The summed E-state index contributed by atoms with van der Waals surface area (Å²) in [6, 6.07) is 5.20. The zero-order valence-electron chi connectivity index (χ0n) is 6.59. The van der Waals surface area contributed by atoms with Gasteiger partial charge in [0.15, 0.2) is 6.61 Å². The Bertz CT molecular complexity index is 330. The van der Waals surface area contributed by atoms with Gasteiger partial charge in [0.05, 0.1) is 3.57 Å². The van der Waals surface area contributed by atoms with Gasteiger partial charge in [-0.15, -0.1) is 0 Å². The lowest BCUT2D eigenvalue weighted by molar-refractivity contribution is -0.119. The molecular formula is C8H7ClINO2. The van der Waals surface area contributed by atoms with Gasteiger partial charge in [0.1, 0.15) is 5.75 Å². The van der Waals surface area contributed by atoms with Gasteiger partial charge in [-0.2, -0.15) is 0 Å². The maximum Gasteiger partial charge on any atom is 0.255 e. The van der Waals surface area contributed by atoms with Gasteiger partial charge < -0.3 is 10.5 Å². The summed E-state index contributed by atoms with van der Waals surface area (Å²) in [6.45, 7) is -0.129. The number of ether oxygens (including phenoxy) is 1. The number of primary amides is 1. The van der Waals surface area contributed by atoms with Gasteiger partial charge in [0, 0.05) is 5.02 Å². The highest BCUT2D eigenvalue weighted by Gasteiger charge is 2.03. The van der Waals surface area contributed by atoms with Crippen molar-refractivity contribution < 1.29 is 9.53 Å². The Morgan fingerprint density at radius 1 is 1.62 bits per heavy atom. The van der Waals surface area contributed by atoms with Gasteiger partial charge in [-0.1, -0.05) is 11.6 Å². The molecule has 5 heteroatoms. The maximum atomic E-state index is 10.4. The van der Waals surface area contributed by atoms with Crippen LogP contribution in [0.15, 0.2) is 18.2 Å². The highest BCUT2D eigenvalue weighted by atomic mass is 127. The molecule has 1 amide bonds. The summed E-state index contributed by atoms with van der Waals surface area (Å²) in [6.07, 6.45) is 0.